The van der Waals surface area contributed by atoms with Gasteiger partial charge in [0.25, 0.3) is 0 Å². The predicted octanol–water partition coefficient (Wildman–Crippen LogP) is 1.93. The lowest BCUT2D eigenvalue weighted by atomic mass is 10.1. The maximum atomic E-state index is 11.6. The van der Waals surface area contributed by atoms with Crippen LogP contribution in [0.25, 0.3) is 10.2 Å². The third-order valence-electron chi connectivity index (χ3n) is 2.83. The minimum absolute atomic E-state index is 0.169. The maximum absolute atomic E-state index is 11.6. The number of nitrogens with zero attached hydrogens (tertiary/aromatic N) is 1. The summed E-state index contributed by atoms with van der Waals surface area (Å²) in [6.07, 6.45) is -1.16. The van der Waals surface area contributed by atoms with Gasteiger partial charge in [-0.2, -0.15) is 0 Å². The van der Waals surface area contributed by atoms with Gasteiger partial charge in [0.15, 0.2) is 4.34 Å². The van der Waals surface area contributed by atoms with Crippen molar-refractivity contribution in [3.8, 4) is 0 Å². The highest BCUT2D eigenvalue weighted by Crippen LogP contribution is 2.30. The number of thioether (sulfide) groups is 1. The van der Waals surface area contributed by atoms with Gasteiger partial charge in [0.2, 0.25) is 5.91 Å². The molecule has 0 fully saturated rings. The van der Waals surface area contributed by atoms with E-state index in [1.54, 1.807) is 0 Å². The third-order valence-corrected chi connectivity index (χ3v) is 5.18. The fraction of sp³-hybridized carbons (Fsp3) is 0.357. The molecule has 2 unspecified atom stereocenters. The van der Waals surface area contributed by atoms with E-state index in [0.717, 1.165) is 14.6 Å². The first-order chi connectivity index (χ1) is 10.5. The van der Waals surface area contributed by atoms with Crippen LogP contribution in [0.15, 0.2) is 28.6 Å². The molecule has 1 aromatic heterocycles. The number of nitrogens with one attached hydrogen (secondary N) is 1. The Labute approximate surface area is 135 Å². The molecule has 0 radical (unpaired) electrons. The van der Waals surface area contributed by atoms with E-state index in [1.807, 2.05) is 24.3 Å². The minimum atomic E-state index is -1.03. The van der Waals surface area contributed by atoms with E-state index in [9.17, 15) is 14.7 Å². The molecule has 0 saturated heterocycles. The Bertz CT molecular complexity index is 639. The molecule has 0 aliphatic rings. The van der Waals surface area contributed by atoms with Gasteiger partial charge in [0.05, 0.1) is 16.1 Å². The zero-order valence-electron chi connectivity index (χ0n) is 11.9. The number of carboxylic acid groups (broad SMARTS) is 1. The molecule has 2 aromatic rings. The van der Waals surface area contributed by atoms with E-state index in [1.165, 1.54) is 30.0 Å². The van der Waals surface area contributed by atoms with E-state index < -0.39 is 24.0 Å². The molecule has 2 rings (SSSR count). The standard InChI is InChI=1S/C14H16N2O4S2/c1-8(17)15-12(18)6-9(13(19)20)7-21-14-16-10-4-2-3-5-11(10)22-14/h2-5,8-9,17H,6-7H2,1H3,(H,15,18)(H,19,20). The van der Waals surface area contributed by atoms with Crippen molar-refractivity contribution in [2.75, 3.05) is 5.75 Å². The van der Waals surface area contributed by atoms with E-state index in [2.05, 4.69) is 10.3 Å². The maximum Gasteiger partial charge on any atom is 0.307 e. The number of aliphatic carboxylic acids is 1. The molecule has 1 aromatic carbocycles. The number of carbonyl (C=O) groups excluding carboxylic acids is 1. The highest BCUT2D eigenvalue weighted by Gasteiger charge is 2.22. The van der Waals surface area contributed by atoms with Gasteiger partial charge < -0.3 is 15.5 Å². The Kier molecular flexibility index (Phi) is 5.76. The minimum Gasteiger partial charge on any atom is -0.481 e. The molecule has 1 heterocycles. The van der Waals surface area contributed by atoms with Crippen molar-refractivity contribution >= 4 is 45.2 Å². The van der Waals surface area contributed by atoms with Gasteiger partial charge >= 0.3 is 5.97 Å². The molecule has 2 atom stereocenters. The van der Waals surface area contributed by atoms with Gasteiger partial charge in [-0.25, -0.2) is 4.98 Å². The second kappa shape index (κ2) is 7.57. The number of aliphatic hydroxyl groups is 1. The summed E-state index contributed by atoms with van der Waals surface area (Å²) < 4.78 is 1.83. The first-order valence-corrected chi connectivity index (χ1v) is 8.44. The van der Waals surface area contributed by atoms with Crippen LogP contribution in [0.1, 0.15) is 13.3 Å². The average molecular weight is 340 g/mol. The van der Waals surface area contributed by atoms with Crippen LogP contribution in [0, 0.1) is 5.92 Å². The first-order valence-electron chi connectivity index (χ1n) is 6.64. The summed E-state index contributed by atoms with van der Waals surface area (Å²) in [6, 6.07) is 7.69. The number of amides is 1. The number of benzene rings is 1. The van der Waals surface area contributed by atoms with Crippen LogP contribution in [0.5, 0.6) is 0 Å². The van der Waals surface area contributed by atoms with E-state index in [0.29, 0.717) is 0 Å². The number of para-hydroxylation sites is 1. The molecule has 0 spiro atoms. The summed E-state index contributed by atoms with van der Waals surface area (Å²) in [5.41, 5.74) is 0.883. The summed E-state index contributed by atoms with van der Waals surface area (Å²) in [6.45, 7) is 1.41. The van der Waals surface area contributed by atoms with E-state index >= 15 is 0 Å². The highest BCUT2D eigenvalue weighted by atomic mass is 32.2. The topological polar surface area (TPSA) is 99.5 Å². The third kappa shape index (κ3) is 4.69. The van der Waals surface area contributed by atoms with Gasteiger partial charge in [-0.3, -0.25) is 9.59 Å². The number of carbonyl (C=O) groups is 2. The lowest BCUT2D eigenvalue weighted by Gasteiger charge is -2.12. The van der Waals surface area contributed by atoms with Crippen molar-refractivity contribution in [2.24, 2.45) is 5.92 Å². The molecule has 0 aliphatic heterocycles. The summed E-state index contributed by atoms with van der Waals surface area (Å²) in [7, 11) is 0. The summed E-state index contributed by atoms with van der Waals surface area (Å²) >= 11 is 2.83. The van der Waals surface area contributed by atoms with Crippen LogP contribution in [-0.2, 0) is 9.59 Å². The van der Waals surface area contributed by atoms with Crippen LogP contribution in [0.2, 0.25) is 0 Å². The van der Waals surface area contributed by atoms with Crippen molar-refractivity contribution in [1.29, 1.82) is 0 Å². The van der Waals surface area contributed by atoms with Crippen molar-refractivity contribution < 1.29 is 19.8 Å². The molecular weight excluding hydrogens is 324 g/mol. The number of fused-ring (bicyclic) bond motifs is 1. The molecule has 0 saturated carbocycles. The number of carboxylic acids is 1. The molecule has 6 nitrogen and oxygen atoms in total. The summed E-state index contributed by atoms with van der Waals surface area (Å²) in [4.78, 5) is 27.2. The lowest BCUT2D eigenvalue weighted by molar-refractivity contribution is -0.143. The number of hydrogen-bond donors (Lipinski definition) is 3. The van der Waals surface area contributed by atoms with Crippen LogP contribution in [0.4, 0.5) is 0 Å². The second-order valence-electron chi connectivity index (χ2n) is 4.74. The molecule has 3 N–H and O–H groups in total. The molecular formula is C14H16N2O4S2. The monoisotopic (exact) mass is 340 g/mol. The number of thiazole rings is 1. The normalized spacial score (nSPS) is 13.7. The Hall–Kier alpha value is -1.64. The zero-order valence-corrected chi connectivity index (χ0v) is 13.5. The molecule has 118 valence electrons. The highest BCUT2D eigenvalue weighted by molar-refractivity contribution is 8.01. The van der Waals surface area contributed by atoms with Gasteiger partial charge in [0, 0.05) is 12.2 Å². The summed E-state index contributed by atoms with van der Waals surface area (Å²) in [5.74, 6) is -2.08. The Morgan fingerprint density at radius 2 is 2.14 bits per heavy atom. The Morgan fingerprint density at radius 3 is 2.77 bits per heavy atom. The summed E-state index contributed by atoms with van der Waals surface area (Å²) in [5, 5.41) is 20.5. The second-order valence-corrected chi connectivity index (χ2v) is 7.04. The Morgan fingerprint density at radius 1 is 1.41 bits per heavy atom. The van der Waals surface area contributed by atoms with Gasteiger partial charge in [-0.05, 0) is 19.1 Å². The molecule has 1 amide bonds. The fourth-order valence-corrected chi connectivity index (χ4v) is 3.99. The van der Waals surface area contributed by atoms with Gasteiger partial charge in [-0.15, -0.1) is 11.3 Å². The van der Waals surface area contributed by atoms with Crippen molar-refractivity contribution in [3.05, 3.63) is 24.3 Å². The molecule has 8 heteroatoms. The first kappa shape index (κ1) is 16.7. The van der Waals surface area contributed by atoms with E-state index in [-0.39, 0.29) is 12.2 Å². The van der Waals surface area contributed by atoms with Gasteiger partial charge in [-0.1, -0.05) is 23.9 Å². The van der Waals surface area contributed by atoms with Crippen LogP contribution in [0.3, 0.4) is 0 Å². The molecule has 0 bridgehead atoms. The SMILES string of the molecule is CC(O)NC(=O)CC(CSc1nc2ccccc2s1)C(=O)O. The smallest absolute Gasteiger partial charge is 0.307 e. The quantitative estimate of drug-likeness (QED) is 0.526. The van der Waals surface area contributed by atoms with E-state index in [4.69, 9.17) is 5.11 Å². The predicted molar refractivity (Wildman–Crippen MR) is 85.9 cm³/mol. The Balaban J connectivity index is 1.96. The van der Waals surface area contributed by atoms with Crippen LogP contribution >= 0.6 is 23.1 Å². The molecule has 22 heavy (non-hydrogen) atoms. The van der Waals surface area contributed by atoms with Gasteiger partial charge in [0.1, 0.15) is 6.23 Å². The van der Waals surface area contributed by atoms with Crippen molar-refractivity contribution in [3.63, 3.8) is 0 Å². The van der Waals surface area contributed by atoms with Crippen molar-refractivity contribution in [2.45, 2.75) is 23.9 Å². The number of rotatable bonds is 7. The number of aliphatic hydroxyl groups excluding tert-OH is 1. The lowest BCUT2D eigenvalue weighted by Crippen LogP contribution is -2.35. The number of hydrogen-bond acceptors (Lipinski definition) is 6. The molecule has 0 aliphatic carbocycles. The van der Waals surface area contributed by atoms with Crippen LogP contribution in [-0.4, -0.2) is 39.1 Å². The van der Waals surface area contributed by atoms with Crippen LogP contribution < -0.4 is 5.32 Å². The zero-order chi connectivity index (χ0) is 16.1. The number of aromatic nitrogens is 1. The fourth-order valence-electron chi connectivity index (χ4n) is 1.82. The largest absolute Gasteiger partial charge is 0.481 e. The van der Waals surface area contributed by atoms with Crippen molar-refractivity contribution in [1.82, 2.24) is 10.3 Å². The average Bonchev–Trinajstić information content (AvgIpc) is 2.84.